The van der Waals surface area contributed by atoms with Gasteiger partial charge in [0.05, 0.1) is 0 Å². The van der Waals surface area contributed by atoms with Crippen molar-refractivity contribution in [2.45, 2.75) is 6.54 Å². The Morgan fingerprint density at radius 1 is 1.47 bits per heavy atom. The molecule has 1 amide bonds. The highest BCUT2D eigenvalue weighted by Crippen LogP contribution is 2.14. The van der Waals surface area contributed by atoms with Gasteiger partial charge in [-0.05, 0) is 0 Å². The molecule has 0 radical (unpaired) electrons. The summed E-state index contributed by atoms with van der Waals surface area (Å²) in [5, 5.41) is 8.82. The van der Waals surface area contributed by atoms with Crippen LogP contribution in [-0.2, 0) is 11.3 Å². The zero-order chi connectivity index (χ0) is 12.4. The van der Waals surface area contributed by atoms with Crippen molar-refractivity contribution in [2.75, 3.05) is 19.7 Å². The van der Waals surface area contributed by atoms with Gasteiger partial charge >= 0.3 is 5.69 Å². The molecule has 1 aromatic rings. The Kier molecular flexibility index (Phi) is 3.10. The van der Waals surface area contributed by atoms with Crippen molar-refractivity contribution in [3.05, 3.63) is 33.1 Å². The summed E-state index contributed by atoms with van der Waals surface area (Å²) in [6, 6.07) is 1.20. The van der Waals surface area contributed by atoms with E-state index in [0.717, 1.165) is 4.57 Å². The van der Waals surface area contributed by atoms with Crippen LogP contribution in [0.4, 0.5) is 0 Å². The Bertz CT molecular complexity index is 527. The van der Waals surface area contributed by atoms with Crippen molar-refractivity contribution in [3.63, 3.8) is 0 Å². The summed E-state index contributed by atoms with van der Waals surface area (Å²) in [5.74, 6) is -0.0462. The fraction of sp³-hybridized carbons (Fsp3) is 0.500. The monoisotopic (exact) mass is 239 g/mol. The zero-order valence-corrected chi connectivity index (χ0v) is 9.13. The molecule has 17 heavy (non-hydrogen) atoms. The maximum atomic E-state index is 11.7. The lowest BCUT2D eigenvalue weighted by Gasteiger charge is -2.38. The summed E-state index contributed by atoms with van der Waals surface area (Å²) >= 11 is 0. The molecular formula is C10H13N3O4. The summed E-state index contributed by atoms with van der Waals surface area (Å²) in [6.45, 7) is 1.02. The number of H-pyrrole nitrogens is 1. The van der Waals surface area contributed by atoms with E-state index in [2.05, 4.69) is 4.98 Å². The molecule has 2 rings (SSSR count). The molecule has 2 N–H and O–H groups in total. The van der Waals surface area contributed by atoms with Crippen molar-refractivity contribution in [1.82, 2.24) is 14.5 Å². The highest BCUT2D eigenvalue weighted by molar-refractivity contribution is 5.76. The zero-order valence-electron chi connectivity index (χ0n) is 9.13. The van der Waals surface area contributed by atoms with Crippen molar-refractivity contribution < 1.29 is 9.90 Å². The molecule has 1 fully saturated rings. The van der Waals surface area contributed by atoms with E-state index in [4.69, 9.17) is 5.11 Å². The Morgan fingerprint density at radius 3 is 2.76 bits per heavy atom. The molecule has 1 aliphatic rings. The molecule has 7 nitrogen and oxygen atoms in total. The number of aliphatic hydroxyl groups excluding tert-OH is 1. The van der Waals surface area contributed by atoms with Crippen molar-refractivity contribution in [1.29, 1.82) is 0 Å². The molecule has 7 heteroatoms. The molecule has 0 unspecified atom stereocenters. The largest absolute Gasteiger partial charge is 0.396 e. The topological polar surface area (TPSA) is 95.4 Å². The second kappa shape index (κ2) is 4.54. The van der Waals surface area contributed by atoms with Crippen LogP contribution in [0.1, 0.15) is 0 Å². The molecule has 0 aromatic carbocycles. The number of nitrogens with zero attached hydrogens (tertiary/aromatic N) is 2. The minimum absolute atomic E-state index is 0.0718. The average Bonchev–Trinajstić information content (AvgIpc) is 2.21. The third-order valence-electron chi connectivity index (χ3n) is 2.77. The Balaban J connectivity index is 2.00. The number of carbonyl (C=O) groups excluding carboxylic acids is 1. The number of amides is 1. The van der Waals surface area contributed by atoms with Gasteiger partial charge in [-0.25, -0.2) is 4.79 Å². The predicted octanol–water partition coefficient (Wildman–Crippen LogP) is -2.01. The van der Waals surface area contributed by atoms with E-state index >= 15 is 0 Å². The lowest BCUT2D eigenvalue weighted by Crippen LogP contribution is -2.52. The van der Waals surface area contributed by atoms with Crippen LogP contribution in [0.2, 0.25) is 0 Å². The van der Waals surface area contributed by atoms with Gasteiger partial charge in [-0.3, -0.25) is 19.1 Å². The first-order chi connectivity index (χ1) is 8.10. The van der Waals surface area contributed by atoms with Gasteiger partial charge in [0, 0.05) is 37.9 Å². The first kappa shape index (κ1) is 11.6. The minimum atomic E-state index is -0.593. The van der Waals surface area contributed by atoms with Crippen LogP contribution < -0.4 is 11.2 Å². The Hall–Kier alpha value is -1.89. The van der Waals surface area contributed by atoms with Gasteiger partial charge in [-0.1, -0.05) is 0 Å². The van der Waals surface area contributed by atoms with Gasteiger partial charge < -0.3 is 10.0 Å². The number of nitrogens with one attached hydrogen (secondary N) is 1. The number of rotatable bonds is 3. The number of hydrogen-bond donors (Lipinski definition) is 2. The summed E-state index contributed by atoms with van der Waals surface area (Å²) in [6.07, 6.45) is 1.29. The summed E-state index contributed by atoms with van der Waals surface area (Å²) in [4.78, 5) is 37.5. The minimum Gasteiger partial charge on any atom is -0.396 e. The second-order valence-corrected chi connectivity index (χ2v) is 4.09. The van der Waals surface area contributed by atoms with Gasteiger partial charge in [0.15, 0.2) is 0 Å². The van der Waals surface area contributed by atoms with Crippen LogP contribution >= 0.6 is 0 Å². The summed E-state index contributed by atoms with van der Waals surface area (Å²) in [7, 11) is 0. The fourth-order valence-corrected chi connectivity index (χ4v) is 1.70. The predicted molar refractivity (Wildman–Crippen MR) is 58.5 cm³/mol. The third-order valence-corrected chi connectivity index (χ3v) is 2.77. The molecule has 1 aromatic heterocycles. The highest BCUT2D eigenvalue weighted by atomic mass is 16.3. The van der Waals surface area contributed by atoms with Crippen molar-refractivity contribution in [3.8, 4) is 0 Å². The second-order valence-electron chi connectivity index (χ2n) is 4.09. The molecule has 2 heterocycles. The normalized spacial score (nSPS) is 15.7. The van der Waals surface area contributed by atoms with Gasteiger partial charge in [-0.2, -0.15) is 0 Å². The maximum Gasteiger partial charge on any atom is 0.328 e. The number of aliphatic hydroxyl groups is 1. The average molecular weight is 239 g/mol. The quantitative estimate of drug-likeness (QED) is 0.637. The van der Waals surface area contributed by atoms with Crippen LogP contribution in [0, 0.1) is 5.92 Å². The number of aromatic amines is 1. The lowest BCUT2D eigenvalue weighted by atomic mass is 10.0. The van der Waals surface area contributed by atoms with Crippen LogP contribution in [0.25, 0.3) is 0 Å². The van der Waals surface area contributed by atoms with Gasteiger partial charge in [0.25, 0.3) is 5.56 Å². The lowest BCUT2D eigenvalue weighted by molar-refractivity contribution is -0.139. The Morgan fingerprint density at radius 2 is 2.18 bits per heavy atom. The standard InChI is InChI=1S/C10H13N3O4/c14-6-7-3-13(4-7)9(16)5-12-2-1-8(15)11-10(12)17/h1-2,7,14H,3-6H2,(H,11,15,17). The molecule has 0 aliphatic carbocycles. The van der Waals surface area contributed by atoms with E-state index < -0.39 is 11.2 Å². The van der Waals surface area contributed by atoms with E-state index in [1.807, 2.05) is 0 Å². The van der Waals surface area contributed by atoms with E-state index in [1.165, 1.54) is 12.3 Å². The maximum absolute atomic E-state index is 11.7. The number of aromatic nitrogens is 2. The molecule has 0 saturated carbocycles. The first-order valence-corrected chi connectivity index (χ1v) is 5.28. The van der Waals surface area contributed by atoms with E-state index in [-0.39, 0.29) is 25.0 Å². The van der Waals surface area contributed by atoms with Gasteiger partial charge in [-0.15, -0.1) is 0 Å². The molecule has 1 aliphatic heterocycles. The highest BCUT2D eigenvalue weighted by Gasteiger charge is 2.29. The van der Waals surface area contributed by atoms with Crippen molar-refractivity contribution in [2.24, 2.45) is 5.92 Å². The molecule has 0 atom stereocenters. The van der Waals surface area contributed by atoms with Gasteiger partial charge in [0.2, 0.25) is 5.91 Å². The van der Waals surface area contributed by atoms with Crippen molar-refractivity contribution >= 4 is 5.91 Å². The molecule has 0 spiro atoms. The van der Waals surface area contributed by atoms with Crippen LogP contribution in [0.3, 0.4) is 0 Å². The fourth-order valence-electron chi connectivity index (χ4n) is 1.70. The van der Waals surface area contributed by atoms with Gasteiger partial charge in [0.1, 0.15) is 6.54 Å². The number of carbonyl (C=O) groups is 1. The molecule has 0 bridgehead atoms. The molecular weight excluding hydrogens is 226 g/mol. The van der Waals surface area contributed by atoms with Crippen LogP contribution in [0.5, 0.6) is 0 Å². The summed E-state index contributed by atoms with van der Waals surface area (Å²) < 4.78 is 1.15. The SMILES string of the molecule is O=C(Cn1ccc(=O)[nH]c1=O)N1CC(CO)C1. The van der Waals surface area contributed by atoms with Crippen LogP contribution in [0.15, 0.2) is 21.9 Å². The Labute approximate surface area is 96.3 Å². The van der Waals surface area contributed by atoms with E-state index in [1.54, 1.807) is 4.90 Å². The third kappa shape index (κ3) is 2.44. The number of hydrogen-bond acceptors (Lipinski definition) is 4. The smallest absolute Gasteiger partial charge is 0.328 e. The number of likely N-dealkylation sites (tertiary alicyclic amines) is 1. The first-order valence-electron chi connectivity index (χ1n) is 5.28. The van der Waals surface area contributed by atoms with Crippen LogP contribution in [-0.4, -0.2) is 45.2 Å². The molecule has 1 saturated heterocycles. The van der Waals surface area contributed by atoms with E-state index in [0.29, 0.717) is 13.1 Å². The molecule has 92 valence electrons. The van der Waals surface area contributed by atoms with E-state index in [9.17, 15) is 14.4 Å². The summed E-state index contributed by atoms with van der Waals surface area (Å²) in [5.41, 5.74) is -1.08.